The van der Waals surface area contributed by atoms with Gasteiger partial charge in [-0.2, -0.15) is 5.10 Å². The average Bonchev–Trinajstić information content (AvgIpc) is 3.53. The van der Waals surface area contributed by atoms with Gasteiger partial charge in [0.15, 0.2) is 6.23 Å². The topological polar surface area (TPSA) is 136 Å². The molecule has 1 atom stereocenters. The maximum Gasteiger partial charge on any atom is 0.337 e. The van der Waals surface area contributed by atoms with E-state index in [-0.39, 0.29) is 11.8 Å². The van der Waals surface area contributed by atoms with Gasteiger partial charge in [-0.25, -0.2) is 19.9 Å². The number of urea groups is 1. The number of carbonyl (C=O) groups excluding carboxylic acids is 2. The van der Waals surface area contributed by atoms with Gasteiger partial charge in [0.25, 0.3) is 5.91 Å². The Morgan fingerprint density at radius 3 is 2.82 bits per heavy atom. The Bertz CT molecular complexity index is 1280. The number of pyridine rings is 1. The zero-order chi connectivity index (χ0) is 22.6. The van der Waals surface area contributed by atoms with E-state index in [1.165, 1.54) is 30.8 Å². The smallest absolute Gasteiger partial charge is 0.337 e. The number of benzene rings is 1. The van der Waals surface area contributed by atoms with Gasteiger partial charge in [-0.15, -0.1) is 0 Å². The SMILES string of the molecule is O=C(NNC(=O)c1ccnc(-c2ncco2)c1)Nc1ccc2c(cnn2C2CCCCO2)c1. The fourth-order valence-corrected chi connectivity index (χ4v) is 3.66. The van der Waals surface area contributed by atoms with Crippen LogP contribution in [0.5, 0.6) is 0 Å². The molecule has 0 saturated carbocycles. The summed E-state index contributed by atoms with van der Waals surface area (Å²) < 4.78 is 12.9. The van der Waals surface area contributed by atoms with Crippen LogP contribution in [0.25, 0.3) is 22.5 Å². The Kier molecular flexibility index (Phi) is 5.68. The van der Waals surface area contributed by atoms with Gasteiger partial charge in [-0.3, -0.25) is 15.2 Å². The highest BCUT2D eigenvalue weighted by atomic mass is 16.5. The summed E-state index contributed by atoms with van der Waals surface area (Å²) in [5, 5.41) is 8.02. The minimum atomic E-state index is -0.590. The quantitative estimate of drug-likeness (QED) is 0.409. The number of amides is 3. The van der Waals surface area contributed by atoms with Crippen LogP contribution in [0.3, 0.4) is 0 Å². The van der Waals surface area contributed by atoms with E-state index >= 15 is 0 Å². The lowest BCUT2D eigenvalue weighted by molar-refractivity contribution is -0.0366. The van der Waals surface area contributed by atoms with Gasteiger partial charge in [-0.05, 0) is 49.6 Å². The van der Waals surface area contributed by atoms with Crippen LogP contribution in [0.15, 0.2) is 59.6 Å². The number of hydrazine groups is 1. The molecule has 1 unspecified atom stereocenters. The monoisotopic (exact) mass is 447 g/mol. The summed E-state index contributed by atoms with van der Waals surface area (Å²) >= 11 is 0. The van der Waals surface area contributed by atoms with E-state index in [1.807, 2.05) is 16.8 Å². The minimum absolute atomic E-state index is 0.0640. The third kappa shape index (κ3) is 4.53. The summed E-state index contributed by atoms with van der Waals surface area (Å²) in [5.74, 6) is -0.214. The second kappa shape index (κ2) is 9.09. The fraction of sp³-hybridized carbons (Fsp3) is 0.227. The molecule has 4 heterocycles. The number of ether oxygens (including phenoxy) is 1. The van der Waals surface area contributed by atoms with Crippen molar-refractivity contribution in [2.24, 2.45) is 0 Å². The first kappa shape index (κ1) is 20.6. The Morgan fingerprint density at radius 1 is 1.06 bits per heavy atom. The summed E-state index contributed by atoms with van der Waals surface area (Å²) in [6.07, 6.45) is 9.15. The number of fused-ring (bicyclic) bond motifs is 1. The number of nitrogens with one attached hydrogen (secondary N) is 3. The second-order valence-electron chi connectivity index (χ2n) is 7.48. The Labute approximate surface area is 188 Å². The van der Waals surface area contributed by atoms with Crippen molar-refractivity contribution in [2.75, 3.05) is 11.9 Å². The number of anilines is 1. The molecule has 1 aliphatic rings. The lowest BCUT2D eigenvalue weighted by atomic mass is 10.2. The van der Waals surface area contributed by atoms with Gasteiger partial charge in [0, 0.05) is 29.4 Å². The molecule has 5 rings (SSSR count). The zero-order valence-electron chi connectivity index (χ0n) is 17.5. The molecule has 3 aromatic heterocycles. The first-order valence-corrected chi connectivity index (χ1v) is 10.5. The van der Waals surface area contributed by atoms with Crippen molar-refractivity contribution in [3.05, 3.63) is 60.7 Å². The zero-order valence-corrected chi connectivity index (χ0v) is 17.5. The minimum Gasteiger partial charge on any atom is -0.443 e. The van der Waals surface area contributed by atoms with E-state index in [0.717, 1.165) is 36.8 Å². The summed E-state index contributed by atoms with van der Waals surface area (Å²) in [4.78, 5) is 32.8. The third-order valence-electron chi connectivity index (χ3n) is 5.24. The molecule has 11 nitrogen and oxygen atoms in total. The van der Waals surface area contributed by atoms with Gasteiger partial charge in [-0.1, -0.05) is 0 Å². The maximum atomic E-state index is 12.4. The van der Waals surface area contributed by atoms with Crippen molar-refractivity contribution in [1.82, 2.24) is 30.6 Å². The summed E-state index contributed by atoms with van der Waals surface area (Å²) in [7, 11) is 0. The first-order valence-electron chi connectivity index (χ1n) is 10.5. The lowest BCUT2D eigenvalue weighted by Gasteiger charge is -2.23. The molecule has 0 aliphatic carbocycles. The van der Waals surface area contributed by atoms with Gasteiger partial charge >= 0.3 is 6.03 Å². The van der Waals surface area contributed by atoms with Crippen LogP contribution >= 0.6 is 0 Å². The van der Waals surface area contributed by atoms with Crippen LogP contribution in [-0.2, 0) is 4.74 Å². The Hall–Kier alpha value is -4.25. The van der Waals surface area contributed by atoms with Crippen molar-refractivity contribution >= 4 is 28.5 Å². The van der Waals surface area contributed by atoms with E-state index in [1.54, 1.807) is 12.3 Å². The van der Waals surface area contributed by atoms with Crippen LogP contribution in [0.2, 0.25) is 0 Å². The van der Waals surface area contributed by atoms with Crippen molar-refractivity contribution in [2.45, 2.75) is 25.5 Å². The van der Waals surface area contributed by atoms with E-state index < -0.39 is 11.9 Å². The molecule has 11 heteroatoms. The van der Waals surface area contributed by atoms with E-state index in [9.17, 15) is 9.59 Å². The van der Waals surface area contributed by atoms with Crippen molar-refractivity contribution < 1.29 is 18.7 Å². The highest BCUT2D eigenvalue weighted by Gasteiger charge is 2.18. The van der Waals surface area contributed by atoms with Gasteiger partial charge < -0.3 is 14.5 Å². The van der Waals surface area contributed by atoms with Crippen molar-refractivity contribution in [3.63, 3.8) is 0 Å². The molecule has 0 spiro atoms. The number of oxazole rings is 1. The molecule has 1 saturated heterocycles. The number of hydrogen-bond donors (Lipinski definition) is 3. The average molecular weight is 447 g/mol. The molecule has 33 heavy (non-hydrogen) atoms. The van der Waals surface area contributed by atoms with E-state index in [0.29, 0.717) is 17.3 Å². The molecule has 1 aromatic carbocycles. The second-order valence-corrected chi connectivity index (χ2v) is 7.48. The van der Waals surface area contributed by atoms with Crippen LogP contribution in [0, 0.1) is 0 Å². The highest BCUT2D eigenvalue weighted by Crippen LogP contribution is 2.27. The molecule has 3 amide bonds. The Morgan fingerprint density at radius 2 is 2.00 bits per heavy atom. The predicted octanol–water partition coefficient (Wildman–Crippen LogP) is 3.25. The molecule has 1 aliphatic heterocycles. The lowest BCUT2D eigenvalue weighted by Crippen LogP contribution is -2.43. The highest BCUT2D eigenvalue weighted by molar-refractivity contribution is 5.98. The van der Waals surface area contributed by atoms with Crippen LogP contribution < -0.4 is 16.2 Å². The maximum absolute atomic E-state index is 12.4. The predicted molar refractivity (Wildman–Crippen MR) is 118 cm³/mol. The third-order valence-corrected chi connectivity index (χ3v) is 5.24. The van der Waals surface area contributed by atoms with Crippen LogP contribution in [-0.4, -0.2) is 38.3 Å². The molecule has 0 radical (unpaired) electrons. The molecule has 4 aromatic rings. The summed E-state index contributed by atoms with van der Waals surface area (Å²) in [5.41, 5.74) is 6.89. The molecule has 3 N–H and O–H groups in total. The van der Waals surface area contributed by atoms with Crippen LogP contribution in [0.1, 0.15) is 35.8 Å². The first-order chi connectivity index (χ1) is 16.2. The van der Waals surface area contributed by atoms with E-state index in [2.05, 4.69) is 31.2 Å². The Balaban J connectivity index is 1.20. The molecule has 168 valence electrons. The largest absolute Gasteiger partial charge is 0.443 e. The summed E-state index contributed by atoms with van der Waals surface area (Å²) in [6.45, 7) is 0.734. The number of rotatable bonds is 4. The van der Waals surface area contributed by atoms with E-state index in [4.69, 9.17) is 9.15 Å². The van der Waals surface area contributed by atoms with Gasteiger partial charge in [0.05, 0.1) is 17.9 Å². The summed E-state index contributed by atoms with van der Waals surface area (Å²) in [6, 6.07) is 7.92. The number of carbonyl (C=O) groups is 2. The van der Waals surface area contributed by atoms with Crippen molar-refractivity contribution in [3.8, 4) is 11.6 Å². The number of aromatic nitrogens is 4. The standard InChI is InChI=1S/C22H21N7O4/c30-20(14-6-7-23-17(12-14)21-24-8-10-33-21)27-28-22(31)26-16-4-5-18-15(11-16)13-25-29(18)19-3-1-2-9-32-19/h4-8,10-13,19H,1-3,9H2,(H,27,30)(H2,26,28,31). The number of hydrogen-bond acceptors (Lipinski definition) is 7. The molecule has 0 bridgehead atoms. The fourth-order valence-electron chi connectivity index (χ4n) is 3.66. The molecular weight excluding hydrogens is 426 g/mol. The normalized spacial score (nSPS) is 15.8. The molecule has 1 fully saturated rings. The van der Waals surface area contributed by atoms with Gasteiger partial charge in [0.1, 0.15) is 12.0 Å². The van der Waals surface area contributed by atoms with Crippen LogP contribution in [0.4, 0.5) is 10.5 Å². The van der Waals surface area contributed by atoms with Crippen molar-refractivity contribution in [1.29, 1.82) is 0 Å². The number of nitrogens with zero attached hydrogens (tertiary/aromatic N) is 4. The molecular formula is C22H21N7O4. The van der Waals surface area contributed by atoms with Gasteiger partial charge in [0.2, 0.25) is 5.89 Å².